The molecule has 4 rings (SSSR count). The number of aliphatic carboxylic acids is 1. The third-order valence-corrected chi connectivity index (χ3v) is 7.78. The molecule has 6 heteroatoms. The number of rotatable bonds is 10. The lowest BCUT2D eigenvalue weighted by Gasteiger charge is -2.28. The first-order chi connectivity index (χ1) is 17.6. The molecule has 1 saturated carbocycles. The Balaban J connectivity index is 1.61. The molecule has 1 unspecified atom stereocenters. The van der Waals surface area contributed by atoms with Crippen LogP contribution in [-0.4, -0.2) is 18.2 Å². The summed E-state index contributed by atoms with van der Waals surface area (Å²) in [6.45, 7) is 6.47. The van der Waals surface area contributed by atoms with E-state index in [0.717, 1.165) is 35.1 Å². The van der Waals surface area contributed by atoms with Gasteiger partial charge in [0, 0.05) is 5.56 Å². The van der Waals surface area contributed by atoms with Crippen LogP contribution in [0.1, 0.15) is 68.0 Å². The van der Waals surface area contributed by atoms with Crippen molar-refractivity contribution in [2.24, 2.45) is 11.3 Å². The van der Waals surface area contributed by atoms with Crippen molar-refractivity contribution in [3.63, 3.8) is 0 Å². The summed E-state index contributed by atoms with van der Waals surface area (Å²) in [7, 11) is 1.56. The van der Waals surface area contributed by atoms with Crippen molar-refractivity contribution in [1.82, 2.24) is 0 Å². The zero-order valence-corrected chi connectivity index (χ0v) is 22.5. The van der Waals surface area contributed by atoms with Crippen molar-refractivity contribution < 1.29 is 23.8 Å². The van der Waals surface area contributed by atoms with Gasteiger partial charge in [0.1, 0.15) is 23.9 Å². The van der Waals surface area contributed by atoms with Crippen LogP contribution in [-0.2, 0) is 11.4 Å². The van der Waals surface area contributed by atoms with Crippen LogP contribution in [0.4, 0.5) is 4.39 Å². The minimum Gasteiger partial charge on any atom is -0.497 e. The third-order valence-electron chi connectivity index (χ3n) is 6.89. The summed E-state index contributed by atoms with van der Waals surface area (Å²) in [5.74, 6) is 0.579. The fourth-order valence-electron chi connectivity index (χ4n) is 4.71. The molecule has 0 amide bonds. The average Bonchev–Trinajstić information content (AvgIpc) is 3.71. The topological polar surface area (TPSA) is 55.8 Å². The smallest absolute Gasteiger partial charge is 0.303 e. The Morgan fingerprint density at radius 2 is 1.81 bits per heavy atom. The van der Waals surface area contributed by atoms with E-state index >= 15 is 0 Å². The van der Waals surface area contributed by atoms with E-state index in [1.807, 2.05) is 42.5 Å². The highest BCUT2D eigenvalue weighted by Gasteiger charge is 2.34. The van der Waals surface area contributed by atoms with E-state index in [0.29, 0.717) is 29.6 Å². The Morgan fingerprint density at radius 3 is 2.46 bits per heavy atom. The highest BCUT2D eigenvalue weighted by molar-refractivity contribution is 6.21. The Kier molecular flexibility index (Phi) is 8.13. The molecule has 37 heavy (non-hydrogen) atoms. The number of carbonyl (C=O) groups is 1. The second kappa shape index (κ2) is 11.1. The Labute approximate surface area is 223 Å². The van der Waals surface area contributed by atoms with Crippen molar-refractivity contribution in [2.75, 3.05) is 7.11 Å². The summed E-state index contributed by atoms with van der Waals surface area (Å²) in [6.07, 6.45) is 2.27. The second-order valence-corrected chi connectivity index (χ2v) is 11.3. The number of ether oxygens (including phenoxy) is 2. The maximum Gasteiger partial charge on any atom is 0.303 e. The zero-order chi connectivity index (χ0) is 26.7. The molecule has 0 spiro atoms. The van der Waals surface area contributed by atoms with Gasteiger partial charge in [-0.2, -0.15) is 0 Å². The first-order valence-corrected chi connectivity index (χ1v) is 13.1. The predicted octanol–water partition coefficient (Wildman–Crippen LogP) is 8.37. The van der Waals surface area contributed by atoms with Gasteiger partial charge in [-0.15, -0.1) is 11.6 Å². The van der Waals surface area contributed by atoms with Gasteiger partial charge in [0.05, 0.1) is 18.9 Å². The molecule has 0 bridgehead atoms. The lowest BCUT2D eigenvalue weighted by Crippen LogP contribution is -2.15. The lowest BCUT2D eigenvalue weighted by atomic mass is 9.83. The normalized spacial score (nSPS) is 15.2. The van der Waals surface area contributed by atoms with Crippen LogP contribution in [0.3, 0.4) is 0 Å². The van der Waals surface area contributed by atoms with Gasteiger partial charge < -0.3 is 14.6 Å². The molecule has 196 valence electrons. The number of halogens is 2. The molecule has 0 aromatic heterocycles. The molecular weight excluding hydrogens is 491 g/mol. The first kappa shape index (κ1) is 27.0. The molecule has 0 aliphatic heterocycles. The van der Waals surface area contributed by atoms with E-state index in [-0.39, 0.29) is 28.9 Å². The maximum atomic E-state index is 14.9. The Bertz CT molecular complexity index is 1260. The largest absolute Gasteiger partial charge is 0.497 e. The van der Waals surface area contributed by atoms with Gasteiger partial charge in [-0.05, 0) is 82.7 Å². The van der Waals surface area contributed by atoms with Crippen molar-refractivity contribution in [2.45, 2.75) is 57.9 Å². The van der Waals surface area contributed by atoms with Crippen LogP contribution in [0, 0.1) is 17.2 Å². The van der Waals surface area contributed by atoms with Crippen LogP contribution in [0.5, 0.6) is 11.5 Å². The minimum atomic E-state index is -0.780. The van der Waals surface area contributed by atoms with Gasteiger partial charge in [0.2, 0.25) is 0 Å². The molecule has 1 N–H and O–H groups in total. The Morgan fingerprint density at radius 1 is 1.05 bits per heavy atom. The lowest BCUT2D eigenvalue weighted by molar-refractivity contribution is -0.137. The summed E-state index contributed by atoms with van der Waals surface area (Å²) in [4.78, 5) is 11.4. The zero-order valence-electron chi connectivity index (χ0n) is 21.8. The second-order valence-electron chi connectivity index (χ2n) is 10.9. The molecule has 1 aliphatic rings. The highest BCUT2D eigenvalue weighted by Crippen LogP contribution is 2.46. The monoisotopic (exact) mass is 524 g/mol. The summed E-state index contributed by atoms with van der Waals surface area (Å²) < 4.78 is 26.3. The van der Waals surface area contributed by atoms with Crippen LogP contribution in [0.25, 0.3) is 11.1 Å². The van der Waals surface area contributed by atoms with E-state index < -0.39 is 5.97 Å². The van der Waals surface area contributed by atoms with Crippen molar-refractivity contribution in [1.29, 1.82) is 0 Å². The fraction of sp³-hybridized carbons (Fsp3) is 0.387. The number of hydrogen-bond acceptors (Lipinski definition) is 3. The van der Waals surface area contributed by atoms with Crippen molar-refractivity contribution in [3.8, 4) is 22.6 Å². The standard InChI is InChI=1S/C31H34ClFO4/c1-31(2,3)30(32)27-14-19(8-12-24(27)26-16-22(36-4)11-13-28(26)33)18-37-23-7-5-6-21(15-23)25(17-29(34)35)20-9-10-20/h5-8,11-16,20,25,30H,9-10,17-18H2,1-4H3,(H,34,35)/t25-,30?/m0/s1. The molecule has 4 nitrogen and oxygen atoms in total. The molecule has 0 heterocycles. The van der Waals surface area contributed by atoms with Crippen molar-refractivity contribution >= 4 is 17.6 Å². The van der Waals surface area contributed by atoms with Crippen LogP contribution < -0.4 is 9.47 Å². The van der Waals surface area contributed by atoms with E-state index in [9.17, 15) is 14.3 Å². The molecule has 1 fully saturated rings. The maximum absolute atomic E-state index is 14.9. The SMILES string of the molecule is COc1ccc(F)c(-c2ccc(COc3cccc([C@@H](CC(=O)O)C4CC4)c3)cc2C(Cl)C(C)(C)C)c1. The van der Waals surface area contributed by atoms with Crippen molar-refractivity contribution in [3.05, 3.63) is 83.2 Å². The summed E-state index contributed by atoms with van der Waals surface area (Å²) in [6, 6.07) is 18.2. The summed E-state index contributed by atoms with van der Waals surface area (Å²) >= 11 is 6.94. The van der Waals surface area contributed by atoms with Gasteiger partial charge in [-0.1, -0.05) is 51.1 Å². The minimum absolute atomic E-state index is 0.00786. The molecule has 3 aromatic carbocycles. The molecule has 1 aliphatic carbocycles. The number of carboxylic acid groups (broad SMARTS) is 1. The van der Waals surface area contributed by atoms with E-state index in [1.54, 1.807) is 19.2 Å². The van der Waals surface area contributed by atoms with Crippen LogP contribution in [0.2, 0.25) is 0 Å². The summed E-state index contributed by atoms with van der Waals surface area (Å²) in [5.41, 5.74) is 3.63. The summed E-state index contributed by atoms with van der Waals surface area (Å²) in [5, 5.41) is 8.98. The fourth-order valence-corrected chi connectivity index (χ4v) is 4.89. The van der Waals surface area contributed by atoms with Crippen LogP contribution in [0.15, 0.2) is 60.7 Å². The number of benzene rings is 3. The van der Waals surface area contributed by atoms with E-state index in [4.69, 9.17) is 21.1 Å². The van der Waals surface area contributed by atoms with E-state index in [1.165, 1.54) is 6.07 Å². The third kappa shape index (κ3) is 6.64. The predicted molar refractivity (Wildman–Crippen MR) is 145 cm³/mol. The van der Waals surface area contributed by atoms with E-state index in [2.05, 4.69) is 20.8 Å². The first-order valence-electron chi connectivity index (χ1n) is 12.6. The molecule has 0 saturated heterocycles. The van der Waals surface area contributed by atoms with Gasteiger partial charge >= 0.3 is 5.97 Å². The van der Waals surface area contributed by atoms with Crippen LogP contribution >= 0.6 is 11.6 Å². The van der Waals surface area contributed by atoms with Gasteiger partial charge in [-0.25, -0.2) is 4.39 Å². The highest BCUT2D eigenvalue weighted by atomic mass is 35.5. The molecule has 2 atom stereocenters. The quantitative estimate of drug-likeness (QED) is 0.271. The molecule has 0 radical (unpaired) electrons. The molecule has 3 aromatic rings. The number of methoxy groups -OCH3 is 1. The Hall–Kier alpha value is -3.05. The average molecular weight is 525 g/mol. The number of hydrogen-bond donors (Lipinski definition) is 1. The number of alkyl halides is 1. The number of carboxylic acids is 1. The van der Waals surface area contributed by atoms with Gasteiger partial charge in [0.25, 0.3) is 0 Å². The van der Waals surface area contributed by atoms with Gasteiger partial charge in [0.15, 0.2) is 0 Å². The molecular formula is C31H34ClFO4. The van der Waals surface area contributed by atoms with Gasteiger partial charge in [-0.3, -0.25) is 4.79 Å².